The molecule has 0 atom stereocenters. The lowest BCUT2D eigenvalue weighted by Crippen LogP contribution is -2.19. The molecule has 0 aliphatic carbocycles. The molecule has 0 unspecified atom stereocenters. The lowest BCUT2D eigenvalue weighted by atomic mass is 10.1. The third-order valence-electron chi connectivity index (χ3n) is 3.78. The molecule has 26 heavy (non-hydrogen) atoms. The maximum atomic E-state index is 11.9. The number of Topliss-reactive ketones (excluding diaryl/α,β-unsaturated/α-hetero) is 1. The van der Waals surface area contributed by atoms with Crippen molar-refractivity contribution in [3.8, 4) is 16.9 Å². The molecule has 130 valence electrons. The minimum atomic E-state index is -0.582. The predicted molar refractivity (Wildman–Crippen MR) is 99.1 cm³/mol. The number of ketones is 1. The van der Waals surface area contributed by atoms with Gasteiger partial charge >= 0.3 is 5.97 Å². The van der Waals surface area contributed by atoms with Crippen LogP contribution in [0.3, 0.4) is 0 Å². The van der Waals surface area contributed by atoms with Gasteiger partial charge in [-0.25, -0.2) is 4.79 Å². The van der Waals surface area contributed by atoms with Gasteiger partial charge in [0.15, 0.2) is 19.0 Å². The van der Waals surface area contributed by atoms with Crippen molar-refractivity contribution in [3.63, 3.8) is 0 Å². The fraction of sp³-hybridized carbons (Fsp3) is 0.0909. The van der Waals surface area contributed by atoms with Crippen molar-refractivity contribution >= 4 is 11.8 Å². The lowest BCUT2D eigenvalue weighted by molar-refractivity contribution is -0.144. The molecule has 0 aliphatic rings. The van der Waals surface area contributed by atoms with Crippen LogP contribution >= 0.6 is 0 Å². The van der Waals surface area contributed by atoms with E-state index in [1.807, 2.05) is 48.5 Å². The van der Waals surface area contributed by atoms with E-state index >= 15 is 0 Å². The van der Waals surface area contributed by atoms with Gasteiger partial charge in [-0.1, -0.05) is 72.8 Å². The minimum Gasteiger partial charge on any atom is -0.482 e. The molecule has 0 aromatic heterocycles. The summed E-state index contributed by atoms with van der Waals surface area (Å²) >= 11 is 0. The second-order valence-electron chi connectivity index (χ2n) is 5.63. The fourth-order valence-corrected chi connectivity index (χ4v) is 2.41. The minimum absolute atomic E-state index is 0.243. The summed E-state index contributed by atoms with van der Waals surface area (Å²) in [6.07, 6.45) is 0. The first-order chi connectivity index (χ1) is 12.7. The van der Waals surface area contributed by atoms with E-state index in [2.05, 4.69) is 0 Å². The van der Waals surface area contributed by atoms with Crippen LogP contribution in [0.1, 0.15) is 10.4 Å². The number of ether oxygens (including phenoxy) is 2. The summed E-state index contributed by atoms with van der Waals surface area (Å²) in [5, 5.41) is 0. The zero-order chi connectivity index (χ0) is 18.2. The molecule has 0 fully saturated rings. The summed E-state index contributed by atoms with van der Waals surface area (Å²) in [6, 6.07) is 26.1. The SMILES string of the molecule is O=C(COc1ccc(-c2ccccc2)cc1)OCC(=O)c1ccccc1. The molecule has 0 saturated carbocycles. The average Bonchev–Trinajstić information content (AvgIpc) is 2.72. The second-order valence-corrected chi connectivity index (χ2v) is 5.63. The normalized spacial score (nSPS) is 10.2. The van der Waals surface area contributed by atoms with Crippen molar-refractivity contribution < 1.29 is 19.1 Å². The summed E-state index contributed by atoms with van der Waals surface area (Å²) < 4.78 is 10.4. The number of hydrogen-bond acceptors (Lipinski definition) is 4. The first-order valence-corrected chi connectivity index (χ1v) is 8.24. The Labute approximate surface area is 152 Å². The van der Waals surface area contributed by atoms with Crippen LogP contribution < -0.4 is 4.74 Å². The van der Waals surface area contributed by atoms with Gasteiger partial charge in [-0.05, 0) is 23.3 Å². The van der Waals surface area contributed by atoms with Crippen molar-refractivity contribution in [2.75, 3.05) is 13.2 Å². The quantitative estimate of drug-likeness (QED) is 0.476. The molecule has 4 nitrogen and oxygen atoms in total. The van der Waals surface area contributed by atoms with E-state index in [9.17, 15) is 9.59 Å². The highest BCUT2D eigenvalue weighted by atomic mass is 16.6. The Morgan fingerprint density at radius 1 is 0.654 bits per heavy atom. The van der Waals surface area contributed by atoms with Crippen LogP contribution in [-0.2, 0) is 9.53 Å². The van der Waals surface area contributed by atoms with E-state index in [1.165, 1.54) is 0 Å². The Hall–Kier alpha value is -3.40. The largest absolute Gasteiger partial charge is 0.482 e. The molecule has 0 spiro atoms. The summed E-state index contributed by atoms with van der Waals surface area (Å²) in [4.78, 5) is 23.6. The van der Waals surface area contributed by atoms with Gasteiger partial charge in [-0.3, -0.25) is 4.79 Å². The molecule has 0 bridgehead atoms. The molecule has 3 aromatic rings. The Bertz CT molecular complexity index is 856. The maximum absolute atomic E-state index is 11.9. The van der Waals surface area contributed by atoms with E-state index in [4.69, 9.17) is 9.47 Å². The van der Waals surface area contributed by atoms with Gasteiger partial charge in [0.25, 0.3) is 0 Å². The highest BCUT2D eigenvalue weighted by Gasteiger charge is 2.10. The molecule has 3 rings (SSSR count). The topological polar surface area (TPSA) is 52.6 Å². The lowest BCUT2D eigenvalue weighted by Gasteiger charge is -2.08. The summed E-state index contributed by atoms with van der Waals surface area (Å²) in [6.45, 7) is -0.536. The van der Waals surface area contributed by atoms with Gasteiger partial charge in [0.1, 0.15) is 5.75 Å². The first-order valence-electron chi connectivity index (χ1n) is 8.24. The molecule has 0 heterocycles. The summed E-state index contributed by atoms with van der Waals surface area (Å²) in [7, 11) is 0. The molecule has 0 N–H and O–H groups in total. The predicted octanol–water partition coefficient (Wildman–Crippen LogP) is 4.16. The van der Waals surface area contributed by atoms with Crippen LogP contribution in [-0.4, -0.2) is 25.0 Å². The van der Waals surface area contributed by atoms with Crippen LogP contribution in [0.15, 0.2) is 84.9 Å². The first kappa shape index (κ1) is 17.4. The molecule has 0 saturated heterocycles. The highest BCUT2D eigenvalue weighted by Crippen LogP contribution is 2.21. The van der Waals surface area contributed by atoms with Gasteiger partial charge in [0.2, 0.25) is 0 Å². The van der Waals surface area contributed by atoms with Crippen molar-refractivity contribution in [1.29, 1.82) is 0 Å². The van der Waals surface area contributed by atoms with Crippen molar-refractivity contribution in [1.82, 2.24) is 0 Å². The van der Waals surface area contributed by atoms with E-state index in [0.717, 1.165) is 11.1 Å². The fourth-order valence-electron chi connectivity index (χ4n) is 2.41. The molecule has 3 aromatic carbocycles. The molecular weight excluding hydrogens is 328 g/mol. The molecular formula is C22H18O4. The van der Waals surface area contributed by atoms with Gasteiger partial charge in [-0.15, -0.1) is 0 Å². The number of rotatable bonds is 7. The van der Waals surface area contributed by atoms with E-state index in [-0.39, 0.29) is 19.0 Å². The van der Waals surface area contributed by atoms with Crippen molar-refractivity contribution in [2.24, 2.45) is 0 Å². The second kappa shape index (κ2) is 8.62. The van der Waals surface area contributed by atoms with Gasteiger partial charge in [0.05, 0.1) is 0 Å². The smallest absolute Gasteiger partial charge is 0.344 e. The van der Waals surface area contributed by atoms with Crippen LogP contribution in [0, 0.1) is 0 Å². The van der Waals surface area contributed by atoms with Crippen LogP contribution in [0.25, 0.3) is 11.1 Å². The average molecular weight is 346 g/mol. The number of benzene rings is 3. The third-order valence-corrected chi connectivity index (χ3v) is 3.78. The zero-order valence-electron chi connectivity index (χ0n) is 14.1. The zero-order valence-corrected chi connectivity index (χ0v) is 14.1. The third kappa shape index (κ3) is 4.80. The van der Waals surface area contributed by atoms with Crippen molar-refractivity contribution in [3.05, 3.63) is 90.5 Å². The Morgan fingerprint density at radius 2 is 1.23 bits per heavy atom. The van der Waals surface area contributed by atoms with E-state index in [0.29, 0.717) is 11.3 Å². The maximum Gasteiger partial charge on any atom is 0.344 e. The van der Waals surface area contributed by atoms with Crippen molar-refractivity contribution in [2.45, 2.75) is 0 Å². The molecule has 0 amide bonds. The van der Waals surface area contributed by atoms with Gasteiger partial charge < -0.3 is 9.47 Å². The molecule has 0 aliphatic heterocycles. The van der Waals surface area contributed by atoms with E-state index in [1.54, 1.807) is 36.4 Å². The Balaban J connectivity index is 1.46. The molecule has 4 heteroatoms. The number of carbonyl (C=O) groups excluding carboxylic acids is 2. The van der Waals surface area contributed by atoms with E-state index < -0.39 is 5.97 Å². The molecule has 0 radical (unpaired) electrons. The van der Waals surface area contributed by atoms with Crippen LogP contribution in [0.2, 0.25) is 0 Å². The summed E-state index contributed by atoms with van der Waals surface area (Å²) in [5.74, 6) is -0.261. The Morgan fingerprint density at radius 3 is 1.88 bits per heavy atom. The monoisotopic (exact) mass is 346 g/mol. The van der Waals surface area contributed by atoms with Crippen LogP contribution in [0.5, 0.6) is 5.75 Å². The number of carbonyl (C=O) groups is 2. The standard InChI is InChI=1S/C22H18O4/c23-21(19-9-5-2-6-10-19)15-26-22(24)16-25-20-13-11-18(12-14-20)17-7-3-1-4-8-17/h1-14H,15-16H2. The number of hydrogen-bond donors (Lipinski definition) is 0. The Kier molecular flexibility index (Phi) is 5.78. The van der Waals surface area contributed by atoms with Gasteiger partial charge in [0, 0.05) is 5.56 Å². The van der Waals surface area contributed by atoms with Gasteiger partial charge in [-0.2, -0.15) is 0 Å². The number of esters is 1. The summed E-state index contributed by atoms with van der Waals surface area (Å²) in [5.41, 5.74) is 2.68. The highest BCUT2D eigenvalue weighted by molar-refractivity contribution is 5.97. The van der Waals surface area contributed by atoms with Crippen LogP contribution in [0.4, 0.5) is 0 Å².